The molecule has 1 aliphatic heterocycles. The molecule has 4 rings (SSSR count). The summed E-state index contributed by atoms with van der Waals surface area (Å²) in [7, 11) is 1.27. The number of hydrogen-bond donors (Lipinski definition) is 0. The van der Waals surface area contributed by atoms with E-state index >= 15 is 0 Å². The van der Waals surface area contributed by atoms with E-state index in [1.807, 2.05) is 0 Å². The Hall–Kier alpha value is -3.44. The molecule has 0 aliphatic carbocycles. The van der Waals surface area contributed by atoms with Crippen LogP contribution in [0.1, 0.15) is 40.5 Å². The topological polar surface area (TPSA) is 69.0 Å². The number of fused-ring (bicyclic) bond motifs is 1. The molecular weight excluding hydrogens is 451 g/mol. The van der Waals surface area contributed by atoms with Gasteiger partial charge in [0, 0.05) is 25.2 Å². The molecule has 33 heavy (non-hydrogen) atoms. The molecule has 1 atom stereocenters. The fourth-order valence-electron chi connectivity index (χ4n) is 3.95. The third-order valence-corrected chi connectivity index (χ3v) is 5.47. The van der Waals surface area contributed by atoms with Gasteiger partial charge >= 0.3 is 12.8 Å². The van der Waals surface area contributed by atoms with E-state index in [1.54, 1.807) is 0 Å². The van der Waals surface area contributed by atoms with Crippen LogP contribution >= 0.6 is 0 Å². The van der Waals surface area contributed by atoms with Crippen LogP contribution in [0.5, 0.6) is 11.5 Å². The van der Waals surface area contributed by atoms with Crippen molar-refractivity contribution in [1.29, 1.82) is 0 Å². The highest BCUT2D eigenvalue weighted by Gasteiger charge is 2.33. The number of para-hydroxylation sites is 1. The Kier molecular flexibility index (Phi) is 6.09. The van der Waals surface area contributed by atoms with Gasteiger partial charge in [0.2, 0.25) is 0 Å². The third-order valence-electron chi connectivity index (χ3n) is 5.47. The molecule has 0 radical (unpaired) electrons. The van der Waals surface area contributed by atoms with E-state index in [9.17, 15) is 26.7 Å². The number of nitrogens with zero attached hydrogens (tertiary/aromatic N) is 4. The van der Waals surface area contributed by atoms with Gasteiger partial charge < -0.3 is 14.4 Å². The van der Waals surface area contributed by atoms with Crippen LogP contribution in [0, 0.1) is 0 Å². The van der Waals surface area contributed by atoms with E-state index < -0.39 is 30.2 Å². The number of alkyl halides is 5. The standard InChI is InChI=1S/C21H19F5N4O3/c1-32-15-6-2-5-14(17(15)33-20(22)23)19(31)29-9-3-4-12(10-29)18-28-27-16-8-7-13(11-30(16)18)21(24,25)26/h2,5-8,11-12,20H,3-4,9-10H2,1H3. The highest BCUT2D eigenvalue weighted by Crippen LogP contribution is 2.35. The first-order chi connectivity index (χ1) is 15.7. The van der Waals surface area contributed by atoms with E-state index in [0.717, 1.165) is 12.3 Å². The molecule has 0 bridgehead atoms. The van der Waals surface area contributed by atoms with Gasteiger partial charge in [-0.05, 0) is 37.1 Å². The van der Waals surface area contributed by atoms with Gasteiger partial charge in [-0.25, -0.2) is 0 Å². The van der Waals surface area contributed by atoms with Gasteiger partial charge in [0.15, 0.2) is 17.1 Å². The maximum atomic E-state index is 13.2. The Morgan fingerprint density at radius 3 is 2.67 bits per heavy atom. The molecule has 0 N–H and O–H groups in total. The van der Waals surface area contributed by atoms with Crippen LogP contribution in [0.15, 0.2) is 36.5 Å². The molecule has 2 aromatic heterocycles. The minimum Gasteiger partial charge on any atom is -0.493 e. The van der Waals surface area contributed by atoms with Gasteiger partial charge in [0.1, 0.15) is 5.82 Å². The van der Waals surface area contributed by atoms with Gasteiger partial charge in [0.25, 0.3) is 5.91 Å². The molecule has 1 aliphatic rings. The van der Waals surface area contributed by atoms with Crippen molar-refractivity contribution in [3.05, 3.63) is 53.5 Å². The highest BCUT2D eigenvalue weighted by atomic mass is 19.4. The molecule has 1 unspecified atom stereocenters. The highest BCUT2D eigenvalue weighted by molar-refractivity contribution is 5.98. The lowest BCUT2D eigenvalue weighted by Crippen LogP contribution is -2.39. The predicted molar refractivity (Wildman–Crippen MR) is 105 cm³/mol. The average molecular weight is 470 g/mol. The monoisotopic (exact) mass is 470 g/mol. The normalized spacial score (nSPS) is 16.9. The number of aromatic nitrogens is 3. The summed E-state index contributed by atoms with van der Waals surface area (Å²) in [5.74, 6) is -1.05. The van der Waals surface area contributed by atoms with Crippen LogP contribution in [0.3, 0.4) is 0 Å². The van der Waals surface area contributed by atoms with E-state index in [0.29, 0.717) is 25.2 Å². The van der Waals surface area contributed by atoms with Crippen molar-refractivity contribution in [2.75, 3.05) is 20.2 Å². The zero-order valence-corrected chi connectivity index (χ0v) is 17.4. The quantitative estimate of drug-likeness (QED) is 0.518. The molecule has 3 aromatic rings. The summed E-state index contributed by atoms with van der Waals surface area (Å²) in [6.07, 6.45) is -2.49. The Morgan fingerprint density at radius 1 is 1.18 bits per heavy atom. The Balaban J connectivity index is 1.63. The molecule has 1 fully saturated rings. The fraction of sp³-hybridized carbons (Fsp3) is 0.381. The van der Waals surface area contributed by atoms with Crippen LogP contribution in [-0.2, 0) is 6.18 Å². The van der Waals surface area contributed by atoms with Crippen LogP contribution in [0.2, 0.25) is 0 Å². The molecule has 3 heterocycles. The Morgan fingerprint density at radius 2 is 1.97 bits per heavy atom. The van der Waals surface area contributed by atoms with Crippen molar-refractivity contribution in [2.24, 2.45) is 0 Å². The minimum atomic E-state index is -4.53. The number of benzene rings is 1. The number of methoxy groups -OCH3 is 1. The first-order valence-corrected chi connectivity index (χ1v) is 10.0. The second-order valence-corrected chi connectivity index (χ2v) is 7.51. The second kappa shape index (κ2) is 8.83. The van der Waals surface area contributed by atoms with E-state index in [1.165, 1.54) is 40.7 Å². The Bertz CT molecular complexity index is 1160. The summed E-state index contributed by atoms with van der Waals surface area (Å²) in [5.41, 5.74) is -0.687. The van der Waals surface area contributed by atoms with E-state index in [2.05, 4.69) is 14.9 Å². The fourth-order valence-corrected chi connectivity index (χ4v) is 3.95. The van der Waals surface area contributed by atoms with Gasteiger partial charge in [0.05, 0.1) is 18.2 Å². The van der Waals surface area contributed by atoms with Crippen LogP contribution in [-0.4, -0.2) is 52.2 Å². The summed E-state index contributed by atoms with van der Waals surface area (Å²) >= 11 is 0. The number of pyridine rings is 1. The van der Waals surface area contributed by atoms with Crippen molar-refractivity contribution in [3.63, 3.8) is 0 Å². The zero-order chi connectivity index (χ0) is 23.8. The molecule has 12 heteroatoms. The van der Waals surface area contributed by atoms with Crippen molar-refractivity contribution >= 4 is 11.6 Å². The number of hydrogen-bond acceptors (Lipinski definition) is 5. The third kappa shape index (κ3) is 4.55. The molecule has 0 saturated carbocycles. The largest absolute Gasteiger partial charge is 0.493 e. The molecule has 7 nitrogen and oxygen atoms in total. The molecule has 1 amide bonds. The number of likely N-dealkylation sites (tertiary alicyclic amines) is 1. The lowest BCUT2D eigenvalue weighted by Gasteiger charge is -2.32. The van der Waals surface area contributed by atoms with Crippen molar-refractivity contribution < 1.29 is 36.2 Å². The number of rotatable bonds is 5. The van der Waals surface area contributed by atoms with Crippen LogP contribution in [0.25, 0.3) is 5.65 Å². The summed E-state index contributed by atoms with van der Waals surface area (Å²) in [6, 6.07) is 6.39. The summed E-state index contributed by atoms with van der Waals surface area (Å²) in [5, 5.41) is 7.99. The number of carbonyl (C=O) groups is 1. The van der Waals surface area contributed by atoms with Gasteiger partial charge in [-0.15, -0.1) is 10.2 Å². The number of ether oxygens (including phenoxy) is 2. The molecule has 176 valence electrons. The number of amides is 1. The predicted octanol–water partition coefficient (Wildman–Crippen LogP) is 4.38. The molecule has 0 spiro atoms. The van der Waals surface area contributed by atoms with Gasteiger partial charge in [-0.1, -0.05) is 6.07 Å². The maximum absolute atomic E-state index is 13.2. The lowest BCUT2D eigenvalue weighted by atomic mass is 9.96. The van der Waals surface area contributed by atoms with Crippen LogP contribution in [0.4, 0.5) is 22.0 Å². The summed E-state index contributed by atoms with van der Waals surface area (Å²) < 4.78 is 76.2. The van der Waals surface area contributed by atoms with Crippen LogP contribution < -0.4 is 9.47 Å². The first kappa shape index (κ1) is 22.7. The van der Waals surface area contributed by atoms with Gasteiger partial charge in [-0.3, -0.25) is 9.20 Å². The van der Waals surface area contributed by atoms with Crippen molar-refractivity contribution in [1.82, 2.24) is 19.5 Å². The van der Waals surface area contributed by atoms with Crippen molar-refractivity contribution in [2.45, 2.75) is 31.5 Å². The molecular formula is C21H19F5N4O3. The number of piperidine rings is 1. The zero-order valence-electron chi connectivity index (χ0n) is 17.4. The average Bonchev–Trinajstić information content (AvgIpc) is 3.21. The first-order valence-electron chi connectivity index (χ1n) is 10.0. The lowest BCUT2D eigenvalue weighted by molar-refractivity contribution is -0.137. The maximum Gasteiger partial charge on any atom is 0.417 e. The Labute approximate surface area is 184 Å². The SMILES string of the molecule is COc1cccc(C(=O)N2CCCC(c3nnc4ccc(C(F)(F)F)cn34)C2)c1OC(F)F. The second-order valence-electron chi connectivity index (χ2n) is 7.51. The molecule has 1 aromatic carbocycles. The van der Waals surface area contributed by atoms with Crippen molar-refractivity contribution in [3.8, 4) is 11.5 Å². The summed E-state index contributed by atoms with van der Waals surface area (Å²) in [6.45, 7) is -2.70. The smallest absolute Gasteiger partial charge is 0.417 e. The summed E-state index contributed by atoms with van der Waals surface area (Å²) in [4.78, 5) is 14.6. The van der Waals surface area contributed by atoms with Gasteiger partial charge in [-0.2, -0.15) is 22.0 Å². The van der Waals surface area contributed by atoms with E-state index in [4.69, 9.17) is 4.74 Å². The minimum absolute atomic E-state index is 0.0159. The molecule has 1 saturated heterocycles. The van der Waals surface area contributed by atoms with E-state index in [-0.39, 0.29) is 29.3 Å². The number of halogens is 5. The number of carbonyl (C=O) groups excluding carboxylic acids is 1.